The zero-order chi connectivity index (χ0) is 17.1. The summed E-state index contributed by atoms with van der Waals surface area (Å²) in [7, 11) is 0. The molecule has 0 N–H and O–H groups in total. The fourth-order valence-electron chi connectivity index (χ4n) is 2.68. The number of benzene rings is 2. The van der Waals surface area contributed by atoms with E-state index in [1.807, 2.05) is 38.1 Å². The van der Waals surface area contributed by atoms with Gasteiger partial charge in [0, 0.05) is 10.9 Å². The molecular formula is C20H17NO3. The lowest BCUT2D eigenvalue weighted by molar-refractivity contribution is 0.103. The zero-order valence-corrected chi connectivity index (χ0v) is 13.6. The molecule has 0 saturated heterocycles. The number of carbonyl (C=O) groups excluding carboxylic acids is 1. The van der Waals surface area contributed by atoms with Crippen molar-refractivity contribution in [2.75, 3.05) is 6.61 Å². The molecule has 0 radical (unpaired) electrons. The number of furan rings is 1. The molecular weight excluding hydrogens is 302 g/mol. The van der Waals surface area contributed by atoms with Crippen LogP contribution in [0.5, 0.6) is 5.75 Å². The molecule has 0 bridgehead atoms. The largest absolute Gasteiger partial charge is 0.493 e. The Balaban J connectivity index is 1.91. The Labute approximate surface area is 140 Å². The van der Waals surface area contributed by atoms with Crippen LogP contribution in [-0.2, 0) is 0 Å². The van der Waals surface area contributed by atoms with Crippen molar-refractivity contribution >= 4 is 16.8 Å². The summed E-state index contributed by atoms with van der Waals surface area (Å²) in [6, 6.07) is 14.8. The smallest absolute Gasteiger partial charge is 0.197 e. The van der Waals surface area contributed by atoms with Gasteiger partial charge in [-0.05, 0) is 50.2 Å². The number of rotatable bonds is 5. The van der Waals surface area contributed by atoms with Gasteiger partial charge < -0.3 is 9.15 Å². The number of nitrogens with zero attached hydrogens (tertiary/aromatic N) is 1. The molecule has 0 amide bonds. The van der Waals surface area contributed by atoms with Crippen LogP contribution >= 0.6 is 0 Å². The second-order valence-electron chi connectivity index (χ2n) is 5.64. The number of fused-ring (bicyclic) bond motifs is 1. The first-order valence-electron chi connectivity index (χ1n) is 7.74. The minimum absolute atomic E-state index is 0.0691. The van der Waals surface area contributed by atoms with Crippen molar-refractivity contribution in [1.82, 2.24) is 0 Å². The maximum atomic E-state index is 12.9. The molecule has 4 nitrogen and oxygen atoms in total. The predicted molar refractivity (Wildman–Crippen MR) is 91.3 cm³/mol. The lowest BCUT2D eigenvalue weighted by Crippen LogP contribution is -2.03. The molecule has 0 unspecified atom stereocenters. The number of hydrogen-bond donors (Lipinski definition) is 0. The van der Waals surface area contributed by atoms with E-state index in [1.54, 1.807) is 24.3 Å². The summed E-state index contributed by atoms with van der Waals surface area (Å²) < 4.78 is 11.1. The maximum absolute atomic E-state index is 12.9. The fourth-order valence-corrected chi connectivity index (χ4v) is 2.68. The minimum Gasteiger partial charge on any atom is -0.493 e. The van der Waals surface area contributed by atoms with Gasteiger partial charge in [-0.15, -0.1) is 0 Å². The number of nitriles is 1. The van der Waals surface area contributed by atoms with E-state index in [1.165, 1.54) is 0 Å². The van der Waals surface area contributed by atoms with E-state index >= 15 is 0 Å². The van der Waals surface area contributed by atoms with Gasteiger partial charge in [-0.3, -0.25) is 4.79 Å². The van der Waals surface area contributed by atoms with Crippen LogP contribution in [-0.4, -0.2) is 12.4 Å². The third-order valence-electron chi connectivity index (χ3n) is 3.85. The molecule has 0 fully saturated rings. The Hall–Kier alpha value is -3.06. The number of hydrogen-bond acceptors (Lipinski definition) is 4. The molecule has 24 heavy (non-hydrogen) atoms. The molecule has 0 atom stereocenters. The topological polar surface area (TPSA) is 63.2 Å². The molecule has 0 spiro atoms. The van der Waals surface area contributed by atoms with Gasteiger partial charge in [-0.1, -0.05) is 11.6 Å². The average Bonchev–Trinajstić information content (AvgIpc) is 2.90. The average molecular weight is 319 g/mol. The van der Waals surface area contributed by atoms with Gasteiger partial charge in [0.15, 0.2) is 5.78 Å². The van der Waals surface area contributed by atoms with Crippen molar-refractivity contribution < 1.29 is 13.9 Å². The molecule has 0 aliphatic carbocycles. The van der Waals surface area contributed by atoms with E-state index in [4.69, 9.17) is 14.4 Å². The first-order valence-corrected chi connectivity index (χ1v) is 7.74. The second-order valence-corrected chi connectivity index (χ2v) is 5.64. The summed E-state index contributed by atoms with van der Waals surface area (Å²) in [5, 5.41) is 9.35. The van der Waals surface area contributed by atoms with Crippen molar-refractivity contribution in [3.8, 4) is 11.8 Å². The molecule has 3 aromatic rings. The van der Waals surface area contributed by atoms with Gasteiger partial charge in [-0.25, -0.2) is 0 Å². The highest BCUT2D eigenvalue weighted by molar-refractivity contribution is 6.16. The second kappa shape index (κ2) is 6.59. The van der Waals surface area contributed by atoms with Crippen LogP contribution in [0.3, 0.4) is 0 Å². The van der Waals surface area contributed by atoms with Crippen LogP contribution in [0.2, 0.25) is 0 Å². The standard InChI is InChI=1S/C20H17NO3/c1-13-4-9-18-17(12-13)19(14(2)24-18)20(22)15-5-7-16(8-6-15)23-11-3-10-21/h4-9,12H,3,11H2,1-2H3. The molecule has 0 saturated carbocycles. The van der Waals surface area contributed by atoms with E-state index in [2.05, 4.69) is 0 Å². The lowest BCUT2D eigenvalue weighted by atomic mass is 9.99. The van der Waals surface area contributed by atoms with Gasteiger partial charge >= 0.3 is 0 Å². The summed E-state index contributed by atoms with van der Waals surface area (Å²) in [4.78, 5) is 12.9. The highest BCUT2D eigenvalue weighted by Gasteiger charge is 2.19. The van der Waals surface area contributed by atoms with E-state index in [0.29, 0.717) is 35.7 Å². The van der Waals surface area contributed by atoms with Gasteiger partial charge in [0.2, 0.25) is 0 Å². The van der Waals surface area contributed by atoms with Crippen LogP contribution in [0.15, 0.2) is 46.9 Å². The third kappa shape index (κ3) is 3.02. The van der Waals surface area contributed by atoms with Crippen LogP contribution in [0.25, 0.3) is 11.0 Å². The van der Waals surface area contributed by atoms with Crippen LogP contribution in [0.4, 0.5) is 0 Å². The number of aryl methyl sites for hydroxylation is 2. The molecule has 2 aromatic carbocycles. The van der Waals surface area contributed by atoms with E-state index in [9.17, 15) is 4.79 Å². The molecule has 0 aliphatic rings. The Bertz CT molecular complexity index is 930. The molecule has 1 aromatic heterocycles. The van der Waals surface area contributed by atoms with E-state index in [0.717, 1.165) is 16.5 Å². The zero-order valence-electron chi connectivity index (χ0n) is 13.6. The number of carbonyl (C=O) groups is 1. The summed E-state index contributed by atoms with van der Waals surface area (Å²) in [6.45, 7) is 4.14. The monoisotopic (exact) mass is 319 g/mol. The molecule has 1 heterocycles. The van der Waals surface area contributed by atoms with Gasteiger partial charge in [0.05, 0.1) is 18.1 Å². The highest BCUT2D eigenvalue weighted by Crippen LogP contribution is 2.29. The Kier molecular flexibility index (Phi) is 4.35. The van der Waals surface area contributed by atoms with Crippen molar-refractivity contribution in [3.63, 3.8) is 0 Å². The Morgan fingerprint density at radius 1 is 1.17 bits per heavy atom. The molecule has 120 valence electrons. The van der Waals surface area contributed by atoms with Crippen LogP contribution < -0.4 is 4.74 Å². The van der Waals surface area contributed by atoms with Gasteiger partial charge in [-0.2, -0.15) is 5.26 Å². The summed E-state index contributed by atoms with van der Waals surface area (Å²) in [5.41, 5.74) is 2.98. The quantitative estimate of drug-likeness (QED) is 0.510. The van der Waals surface area contributed by atoms with Crippen LogP contribution in [0.1, 0.15) is 33.7 Å². The van der Waals surface area contributed by atoms with Gasteiger partial charge in [0.25, 0.3) is 0 Å². The first-order chi connectivity index (χ1) is 11.6. The van der Waals surface area contributed by atoms with Crippen LogP contribution in [0, 0.1) is 25.2 Å². The summed E-state index contributed by atoms with van der Waals surface area (Å²) in [6.07, 6.45) is 0.334. The Morgan fingerprint density at radius 2 is 1.92 bits per heavy atom. The first kappa shape index (κ1) is 15.8. The molecule has 3 rings (SSSR count). The third-order valence-corrected chi connectivity index (χ3v) is 3.85. The summed E-state index contributed by atoms with van der Waals surface area (Å²) >= 11 is 0. The number of ketones is 1. The van der Waals surface area contributed by atoms with E-state index < -0.39 is 0 Å². The number of ether oxygens (including phenoxy) is 1. The maximum Gasteiger partial charge on any atom is 0.197 e. The molecule has 4 heteroatoms. The lowest BCUT2D eigenvalue weighted by Gasteiger charge is -2.05. The minimum atomic E-state index is -0.0691. The SMILES string of the molecule is Cc1ccc2oc(C)c(C(=O)c3ccc(OCCC#N)cc3)c2c1. The van der Waals surface area contributed by atoms with Crippen molar-refractivity contribution in [3.05, 3.63) is 64.9 Å². The normalized spacial score (nSPS) is 10.5. The van der Waals surface area contributed by atoms with Crippen molar-refractivity contribution in [2.45, 2.75) is 20.3 Å². The van der Waals surface area contributed by atoms with Crippen molar-refractivity contribution in [1.29, 1.82) is 5.26 Å². The van der Waals surface area contributed by atoms with Crippen molar-refractivity contribution in [2.24, 2.45) is 0 Å². The fraction of sp³-hybridized carbons (Fsp3) is 0.200. The summed E-state index contributed by atoms with van der Waals surface area (Å²) in [5.74, 6) is 1.20. The van der Waals surface area contributed by atoms with E-state index in [-0.39, 0.29) is 5.78 Å². The highest BCUT2D eigenvalue weighted by atomic mass is 16.5. The van der Waals surface area contributed by atoms with Gasteiger partial charge in [0.1, 0.15) is 23.7 Å². The Morgan fingerprint density at radius 3 is 2.62 bits per heavy atom. The molecule has 0 aliphatic heterocycles. The predicted octanol–water partition coefficient (Wildman–Crippen LogP) is 4.57.